The first-order valence-corrected chi connectivity index (χ1v) is 7.07. The van der Waals surface area contributed by atoms with E-state index in [1.807, 2.05) is 0 Å². The minimum absolute atomic E-state index is 0.250. The molecule has 16 heavy (non-hydrogen) atoms. The summed E-state index contributed by atoms with van der Waals surface area (Å²) in [6.07, 6.45) is 10.9. The standard InChI is InChI=1S/C13H27N3/c14-13-4-2-1-3-12(16-13)6-5-11-7-9-15-10-8-11/h11-13,15-16H,1-10,14H2. The molecule has 2 atom stereocenters. The Hall–Kier alpha value is -0.120. The summed E-state index contributed by atoms with van der Waals surface area (Å²) in [7, 11) is 0. The average Bonchev–Trinajstić information content (AvgIpc) is 2.52. The van der Waals surface area contributed by atoms with E-state index in [0.29, 0.717) is 6.04 Å². The van der Waals surface area contributed by atoms with Crippen molar-refractivity contribution in [2.45, 2.75) is 63.6 Å². The van der Waals surface area contributed by atoms with Crippen LogP contribution in [-0.4, -0.2) is 25.3 Å². The van der Waals surface area contributed by atoms with Crippen LogP contribution in [0.4, 0.5) is 0 Å². The van der Waals surface area contributed by atoms with Crippen LogP contribution in [0.3, 0.4) is 0 Å². The lowest BCUT2D eigenvalue weighted by Gasteiger charge is -2.25. The van der Waals surface area contributed by atoms with E-state index in [2.05, 4.69) is 10.6 Å². The monoisotopic (exact) mass is 225 g/mol. The Morgan fingerprint density at radius 3 is 2.50 bits per heavy atom. The van der Waals surface area contributed by atoms with Crippen molar-refractivity contribution in [1.82, 2.24) is 10.6 Å². The first-order valence-electron chi connectivity index (χ1n) is 7.07. The molecule has 2 rings (SSSR count). The van der Waals surface area contributed by atoms with Crippen LogP contribution < -0.4 is 16.4 Å². The van der Waals surface area contributed by atoms with Gasteiger partial charge in [-0.25, -0.2) is 0 Å². The van der Waals surface area contributed by atoms with Crippen LogP contribution in [0.1, 0.15) is 51.4 Å². The van der Waals surface area contributed by atoms with Crippen LogP contribution in [0.5, 0.6) is 0 Å². The highest BCUT2D eigenvalue weighted by Gasteiger charge is 2.19. The van der Waals surface area contributed by atoms with E-state index in [4.69, 9.17) is 5.73 Å². The third kappa shape index (κ3) is 4.04. The maximum Gasteiger partial charge on any atom is 0.0548 e. The van der Waals surface area contributed by atoms with Crippen molar-refractivity contribution in [2.75, 3.05) is 13.1 Å². The molecular weight excluding hydrogens is 198 g/mol. The van der Waals surface area contributed by atoms with E-state index in [1.54, 1.807) is 0 Å². The Morgan fingerprint density at radius 1 is 0.938 bits per heavy atom. The fourth-order valence-electron chi connectivity index (χ4n) is 3.06. The van der Waals surface area contributed by atoms with Gasteiger partial charge in [-0.15, -0.1) is 0 Å². The highest BCUT2D eigenvalue weighted by Crippen LogP contribution is 2.21. The molecule has 2 aliphatic rings. The lowest BCUT2D eigenvalue weighted by Crippen LogP contribution is -2.42. The van der Waals surface area contributed by atoms with Gasteiger partial charge in [0.1, 0.15) is 0 Å². The van der Waals surface area contributed by atoms with Crippen LogP contribution in [-0.2, 0) is 0 Å². The van der Waals surface area contributed by atoms with Crippen LogP contribution in [0.25, 0.3) is 0 Å². The van der Waals surface area contributed by atoms with Gasteiger partial charge in [-0.05, 0) is 57.5 Å². The van der Waals surface area contributed by atoms with Gasteiger partial charge in [0, 0.05) is 6.04 Å². The minimum atomic E-state index is 0.250. The van der Waals surface area contributed by atoms with E-state index >= 15 is 0 Å². The van der Waals surface area contributed by atoms with Crippen LogP contribution in [0, 0.1) is 5.92 Å². The molecular formula is C13H27N3. The summed E-state index contributed by atoms with van der Waals surface area (Å²) in [6, 6.07) is 0.687. The zero-order valence-corrected chi connectivity index (χ0v) is 10.4. The van der Waals surface area contributed by atoms with Crippen LogP contribution in [0.2, 0.25) is 0 Å². The number of nitrogens with one attached hydrogen (secondary N) is 2. The molecule has 0 amide bonds. The Kier molecular flexibility index (Phi) is 5.07. The zero-order chi connectivity index (χ0) is 11.2. The van der Waals surface area contributed by atoms with Crippen LogP contribution >= 0.6 is 0 Å². The number of hydrogen-bond donors (Lipinski definition) is 3. The molecule has 2 heterocycles. The molecule has 2 aliphatic heterocycles. The highest BCUT2D eigenvalue weighted by atomic mass is 15.0. The van der Waals surface area contributed by atoms with Gasteiger partial charge in [-0.3, -0.25) is 5.32 Å². The fraction of sp³-hybridized carbons (Fsp3) is 1.00. The SMILES string of the molecule is NC1CCCCC(CCC2CCNCC2)N1. The van der Waals surface area contributed by atoms with Gasteiger partial charge in [0.05, 0.1) is 6.17 Å². The van der Waals surface area contributed by atoms with E-state index in [-0.39, 0.29) is 6.17 Å². The second-order valence-electron chi connectivity index (χ2n) is 5.53. The summed E-state index contributed by atoms with van der Waals surface area (Å²) < 4.78 is 0. The fourth-order valence-corrected chi connectivity index (χ4v) is 3.06. The molecule has 0 saturated carbocycles. The molecule has 0 aromatic heterocycles. The Labute approximate surface area is 99.5 Å². The molecule has 0 aromatic rings. The summed E-state index contributed by atoms with van der Waals surface area (Å²) in [5.41, 5.74) is 6.01. The predicted octanol–water partition coefficient (Wildman–Crippen LogP) is 1.58. The van der Waals surface area contributed by atoms with E-state index in [1.165, 1.54) is 58.0 Å². The largest absolute Gasteiger partial charge is 0.317 e. The Balaban J connectivity index is 1.67. The van der Waals surface area contributed by atoms with Crippen molar-refractivity contribution >= 4 is 0 Å². The van der Waals surface area contributed by atoms with Crippen molar-refractivity contribution in [2.24, 2.45) is 11.7 Å². The van der Waals surface area contributed by atoms with Gasteiger partial charge in [-0.2, -0.15) is 0 Å². The van der Waals surface area contributed by atoms with Gasteiger partial charge in [0.25, 0.3) is 0 Å². The topological polar surface area (TPSA) is 50.1 Å². The van der Waals surface area contributed by atoms with E-state index in [0.717, 1.165) is 12.3 Å². The van der Waals surface area contributed by atoms with Gasteiger partial charge < -0.3 is 11.1 Å². The molecule has 0 radical (unpaired) electrons. The first kappa shape index (κ1) is 12.3. The van der Waals surface area contributed by atoms with E-state index < -0.39 is 0 Å². The van der Waals surface area contributed by atoms with Gasteiger partial charge in [0.15, 0.2) is 0 Å². The summed E-state index contributed by atoms with van der Waals surface area (Å²) in [5, 5.41) is 7.01. The molecule has 2 unspecified atom stereocenters. The molecule has 4 N–H and O–H groups in total. The first-order chi connectivity index (χ1) is 7.84. The summed E-state index contributed by atoms with van der Waals surface area (Å²) in [6.45, 7) is 2.45. The third-order valence-electron chi connectivity index (χ3n) is 4.15. The van der Waals surface area contributed by atoms with Gasteiger partial charge in [-0.1, -0.05) is 12.8 Å². The minimum Gasteiger partial charge on any atom is -0.317 e. The average molecular weight is 225 g/mol. The normalized spacial score (nSPS) is 33.6. The lowest BCUT2D eigenvalue weighted by molar-refractivity contribution is 0.314. The molecule has 0 spiro atoms. The van der Waals surface area contributed by atoms with Crippen molar-refractivity contribution in [3.8, 4) is 0 Å². The van der Waals surface area contributed by atoms with Gasteiger partial charge >= 0.3 is 0 Å². The summed E-state index contributed by atoms with van der Waals surface area (Å²) in [4.78, 5) is 0. The maximum atomic E-state index is 6.01. The van der Waals surface area contributed by atoms with Crippen LogP contribution in [0.15, 0.2) is 0 Å². The van der Waals surface area contributed by atoms with E-state index in [9.17, 15) is 0 Å². The predicted molar refractivity (Wildman–Crippen MR) is 68.2 cm³/mol. The molecule has 2 fully saturated rings. The molecule has 0 aromatic carbocycles. The molecule has 3 nitrogen and oxygen atoms in total. The summed E-state index contributed by atoms with van der Waals surface area (Å²) in [5.74, 6) is 0.961. The number of nitrogens with two attached hydrogens (primary N) is 1. The van der Waals surface area contributed by atoms with Crippen molar-refractivity contribution < 1.29 is 0 Å². The highest BCUT2D eigenvalue weighted by molar-refractivity contribution is 4.77. The zero-order valence-electron chi connectivity index (χ0n) is 10.4. The Morgan fingerprint density at radius 2 is 1.69 bits per heavy atom. The lowest BCUT2D eigenvalue weighted by atomic mass is 9.90. The molecule has 2 saturated heterocycles. The molecule has 0 bridgehead atoms. The molecule has 0 aliphatic carbocycles. The molecule has 94 valence electrons. The summed E-state index contributed by atoms with van der Waals surface area (Å²) >= 11 is 0. The maximum absolute atomic E-state index is 6.01. The van der Waals surface area contributed by atoms with Gasteiger partial charge in [0.2, 0.25) is 0 Å². The van der Waals surface area contributed by atoms with Crippen molar-refractivity contribution in [3.05, 3.63) is 0 Å². The molecule has 3 heteroatoms. The second kappa shape index (κ2) is 6.58. The Bertz CT molecular complexity index is 190. The number of rotatable bonds is 3. The quantitative estimate of drug-likeness (QED) is 0.683. The second-order valence-corrected chi connectivity index (χ2v) is 5.53. The number of hydrogen-bond acceptors (Lipinski definition) is 3. The van der Waals surface area contributed by atoms with Crippen molar-refractivity contribution in [3.63, 3.8) is 0 Å². The number of piperidine rings is 1. The third-order valence-corrected chi connectivity index (χ3v) is 4.15. The van der Waals surface area contributed by atoms with Crippen molar-refractivity contribution in [1.29, 1.82) is 0 Å². The smallest absolute Gasteiger partial charge is 0.0548 e.